The van der Waals surface area contributed by atoms with Crippen LogP contribution in [0, 0.1) is 5.92 Å². The lowest BCUT2D eigenvalue weighted by Gasteiger charge is -2.20. The molecule has 160 valence electrons. The van der Waals surface area contributed by atoms with Gasteiger partial charge in [-0.05, 0) is 43.2 Å². The molecule has 7 nitrogen and oxygen atoms in total. The van der Waals surface area contributed by atoms with E-state index >= 15 is 0 Å². The largest absolute Gasteiger partial charge is 0.497 e. The maximum Gasteiger partial charge on any atom is 0.314 e. The predicted molar refractivity (Wildman–Crippen MR) is 113 cm³/mol. The monoisotopic (exact) mass is 422 g/mol. The van der Waals surface area contributed by atoms with Crippen molar-refractivity contribution < 1.29 is 28.2 Å². The highest BCUT2D eigenvalue weighted by molar-refractivity contribution is 5.86. The van der Waals surface area contributed by atoms with Crippen molar-refractivity contribution in [2.45, 2.75) is 32.1 Å². The number of esters is 1. The molecule has 0 bridgehead atoms. The molecule has 5 rings (SSSR count). The van der Waals surface area contributed by atoms with Crippen molar-refractivity contribution in [1.29, 1.82) is 0 Å². The van der Waals surface area contributed by atoms with Gasteiger partial charge in [-0.1, -0.05) is 19.3 Å². The first-order valence-electron chi connectivity index (χ1n) is 10.4. The average Bonchev–Trinajstić information content (AvgIpc) is 3.29. The Balaban J connectivity index is 1.64. The lowest BCUT2D eigenvalue weighted by molar-refractivity contribution is -0.140. The van der Waals surface area contributed by atoms with Crippen LogP contribution >= 0.6 is 0 Å². The van der Waals surface area contributed by atoms with Crippen molar-refractivity contribution in [1.82, 2.24) is 0 Å². The summed E-state index contributed by atoms with van der Waals surface area (Å²) in [4.78, 5) is 26.2. The van der Waals surface area contributed by atoms with E-state index in [1.54, 1.807) is 43.5 Å². The molecule has 0 spiro atoms. The summed E-state index contributed by atoms with van der Waals surface area (Å²) in [5.74, 6) is 1.18. The molecule has 7 heteroatoms. The fourth-order valence-electron chi connectivity index (χ4n) is 4.13. The standard InChI is InChI=1S/C24H22O7/c1-27-16-8-9-17-19(12-16)30-22(15-7-10-18-20(11-15)29-13-28-18)23(21(17)25)31-24(26)14-5-3-2-4-6-14/h7-12,14H,2-6,13H2,1H3. The van der Waals surface area contributed by atoms with Crippen LogP contribution in [0.2, 0.25) is 0 Å². The zero-order valence-electron chi connectivity index (χ0n) is 17.1. The number of benzene rings is 2. The van der Waals surface area contributed by atoms with Gasteiger partial charge < -0.3 is 23.4 Å². The number of carbonyl (C=O) groups excluding carboxylic acids is 1. The first-order valence-corrected chi connectivity index (χ1v) is 10.4. The van der Waals surface area contributed by atoms with Crippen molar-refractivity contribution in [3.8, 4) is 34.3 Å². The Bertz CT molecular complexity index is 1200. The van der Waals surface area contributed by atoms with E-state index in [0.29, 0.717) is 33.8 Å². The molecule has 0 amide bonds. The molecule has 1 aliphatic heterocycles. The zero-order valence-corrected chi connectivity index (χ0v) is 17.1. The second-order valence-electron chi connectivity index (χ2n) is 7.78. The van der Waals surface area contributed by atoms with Crippen LogP contribution < -0.4 is 24.4 Å². The highest BCUT2D eigenvalue weighted by atomic mass is 16.7. The summed E-state index contributed by atoms with van der Waals surface area (Å²) >= 11 is 0. The third-order valence-electron chi connectivity index (χ3n) is 5.83. The number of rotatable bonds is 4. The number of hydrogen-bond acceptors (Lipinski definition) is 7. The van der Waals surface area contributed by atoms with Crippen LogP contribution in [0.25, 0.3) is 22.3 Å². The van der Waals surface area contributed by atoms with Gasteiger partial charge in [0, 0.05) is 11.6 Å². The Morgan fingerprint density at radius 2 is 1.81 bits per heavy atom. The topological polar surface area (TPSA) is 84.2 Å². The van der Waals surface area contributed by atoms with Gasteiger partial charge in [-0.3, -0.25) is 9.59 Å². The van der Waals surface area contributed by atoms with Crippen LogP contribution in [-0.2, 0) is 4.79 Å². The third kappa shape index (κ3) is 3.60. The van der Waals surface area contributed by atoms with Gasteiger partial charge in [-0.25, -0.2) is 0 Å². The first-order chi connectivity index (χ1) is 15.1. The molecule has 0 N–H and O–H groups in total. The zero-order chi connectivity index (χ0) is 21.4. The van der Waals surface area contributed by atoms with Gasteiger partial charge in [0.25, 0.3) is 0 Å². The summed E-state index contributed by atoms with van der Waals surface area (Å²) in [5.41, 5.74) is 0.493. The van der Waals surface area contributed by atoms with Crippen LogP contribution in [0.1, 0.15) is 32.1 Å². The number of fused-ring (bicyclic) bond motifs is 2. The summed E-state index contributed by atoms with van der Waals surface area (Å²) in [6.45, 7) is 0.126. The molecular weight excluding hydrogens is 400 g/mol. The fraction of sp³-hybridized carbons (Fsp3) is 0.333. The molecule has 1 saturated carbocycles. The van der Waals surface area contributed by atoms with Gasteiger partial charge in [-0.15, -0.1) is 0 Å². The van der Waals surface area contributed by atoms with E-state index in [-0.39, 0.29) is 30.2 Å². The molecule has 0 radical (unpaired) electrons. The maximum atomic E-state index is 13.3. The van der Waals surface area contributed by atoms with Gasteiger partial charge in [0.1, 0.15) is 11.3 Å². The maximum absolute atomic E-state index is 13.3. The molecule has 31 heavy (non-hydrogen) atoms. The summed E-state index contributed by atoms with van der Waals surface area (Å²) in [5, 5.41) is 0.316. The Labute approximate surface area is 178 Å². The van der Waals surface area contributed by atoms with Crippen LogP contribution in [0.15, 0.2) is 45.6 Å². The number of ether oxygens (including phenoxy) is 4. The van der Waals surface area contributed by atoms with Crippen molar-refractivity contribution >= 4 is 16.9 Å². The molecule has 0 atom stereocenters. The lowest BCUT2D eigenvalue weighted by Crippen LogP contribution is -2.25. The molecule has 1 fully saturated rings. The minimum Gasteiger partial charge on any atom is -0.497 e. The van der Waals surface area contributed by atoms with Crippen LogP contribution in [0.5, 0.6) is 23.0 Å². The summed E-state index contributed by atoms with van der Waals surface area (Å²) in [7, 11) is 1.54. The van der Waals surface area contributed by atoms with E-state index in [1.807, 2.05) is 0 Å². The minimum absolute atomic E-state index is 0.105. The second-order valence-corrected chi connectivity index (χ2v) is 7.78. The van der Waals surface area contributed by atoms with Gasteiger partial charge >= 0.3 is 5.97 Å². The summed E-state index contributed by atoms with van der Waals surface area (Å²) in [6, 6.07) is 10.1. The van der Waals surface area contributed by atoms with E-state index in [0.717, 1.165) is 32.1 Å². The summed E-state index contributed by atoms with van der Waals surface area (Å²) in [6.07, 6.45) is 4.64. The van der Waals surface area contributed by atoms with Gasteiger partial charge in [0.15, 0.2) is 17.3 Å². The summed E-state index contributed by atoms with van der Waals surface area (Å²) < 4.78 is 27.9. The molecule has 3 aromatic rings. The van der Waals surface area contributed by atoms with Gasteiger partial charge in [-0.2, -0.15) is 0 Å². The molecule has 1 aliphatic carbocycles. The molecule has 2 heterocycles. The van der Waals surface area contributed by atoms with Gasteiger partial charge in [0.05, 0.1) is 18.4 Å². The fourth-order valence-corrected chi connectivity index (χ4v) is 4.13. The highest BCUT2D eigenvalue weighted by Crippen LogP contribution is 2.39. The Morgan fingerprint density at radius 3 is 2.61 bits per heavy atom. The normalized spacial score (nSPS) is 15.8. The van der Waals surface area contributed by atoms with E-state index in [4.69, 9.17) is 23.4 Å². The van der Waals surface area contributed by atoms with Gasteiger partial charge in [0.2, 0.25) is 18.0 Å². The molecule has 2 aromatic carbocycles. The Kier molecular flexibility index (Phi) is 5.02. The van der Waals surface area contributed by atoms with E-state index < -0.39 is 5.43 Å². The van der Waals surface area contributed by atoms with Crippen LogP contribution in [0.3, 0.4) is 0 Å². The average molecular weight is 422 g/mol. The van der Waals surface area contributed by atoms with Crippen LogP contribution in [-0.4, -0.2) is 19.9 Å². The molecule has 0 saturated heterocycles. The third-order valence-corrected chi connectivity index (χ3v) is 5.83. The number of hydrogen-bond donors (Lipinski definition) is 0. The van der Waals surface area contributed by atoms with Crippen LogP contribution in [0.4, 0.5) is 0 Å². The van der Waals surface area contributed by atoms with Crippen molar-refractivity contribution in [3.05, 3.63) is 46.6 Å². The quantitative estimate of drug-likeness (QED) is 0.564. The van der Waals surface area contributed by atoms with Crippen molar-refractivity contribution in [2.75, 3.05) is 13.9 Å². The van der Waals surface area contributed by atoms with Crippen molar-refractivity contribution in [3.63, 3.8) is 0 Å². The van der Waals surface area contributed by atoms with Crippen molar-refractivity contribution in [2.24, 2.45) is 5.92 Å². The van der Waals surface area contributed by atoms with E-state index in [2.05, 4.69) is 0 Å². The Morgan fingerprint density at radius 1 is 1.00 bits per heavy atom. The number of carbonyl (C=O) groups is 1. The van der Waals surface area contributed by atoms with E-state index in [1.165, 1.54) is 0 Å². The predicted octanol–water partition coefficient (Wildman–Crippen LogP) is 4.68. The Hall–Kier alpha value is -3.48. The second kappa shape index (κ2) is 7.98. The minimum atomic E-state index is -0.402. The SMILES string of the molecule is COc1ccc2c(=O)c(OC(=O)C3CCCCC3)c(-c3ccc4c(c3)OCO4)oc2c1. The smallest absolute Gasteiger partial charge is 0.314 e. The number of methoxy groups -OCH3 is 1. The van der Waals surface area contributed by atoms with E-state index in [9.17, 15) is 9.59 Å². The highest BCUT2D eigenvalue weighted by Gasteiger charge is 2.28. The molecule has 2 aliphatic rings. The first kappa shape index (κ1) is 19.5. The molecular formula is C24H22O7. The lowest BCUT2D eigenvalue weighted by atomic mass is 9.89. The molecule has 1 aromatic heterocycles. The molecule has 0 unspecified atom stereocenters.